The van der Waals surface area contributed by atoms with E-state index in [9.17, 15) is 4.79 Å². The normalized spacial score (nSPS) is 10.7. The summed E-state index contributed by atoms with van der Waals surface area (Å²) in [5.74, 6) is 0.895. The number of hydrogen-bond donors (Lipinski definition) is 1. The molecule has 0 aliphatic heterocycles. The van der Waals surface area contributed by atoms with Crippen molar-refractivity contribution in [1.82, 2.24) is 4.98 Å². The molecule has 1 N–H and O–H groups in total. The SMILES string of the molecule is O=C(CCCSc1ccc(Cl)cc1)Nc1nc(-c2ccc(I)cc2)cs1. The van der Waals surface area contributed by atoms with Gasteiger partial charge in [-0.25, -0.2) is 4.98 Å². The number of carbonyl (C=O) groups is 1. The minimum Gasteiger partial charge on any atom is -0.302 e. The van der Waals surface area contributed by atoms with E-state index in [-0.39, 0.29) is 5.91 Å². The topological polar surface area (TPSA) is 42.0 Å². The standard InChI is InChI=1S/C19H16ClIN2OS2/c20-14-5-9-16(10-6-14)25-11-1-2-18(24)23-19-22-17(12-26-19)13-3-7-15(21)8-4-13/h3-10,12H,1-2,11H2,(H,22,23,24). The van der Waals surface area contributed by atoms with Gasteiger partial charge in [-0.2, -0.15) is 0 Å². The lowest BCUT2D eigenvalue weighted by molar-refractivity contribution is -0.116. The molecular formula is C19H16ClIN2OS2. The van der Waals surface area contributed by atoms with Crippen LogP contribution in [0.1, 0.15) is 12.8 Å². The summed E-state index contributed by atoms with van der Waals surface area (Å²) >= 11 is 11.3. The fourth-order valence-corrected chi connectivity index (χ4v) is 4.29. The highest BCUT2D eigenvalue weighted by Crippen LogP contribution is 2.26. The maximum Gasteiger partial charge on any atom is 0.226 e. The van der Waals surface area contributed by atoms with Gasteiger partial charge < -0.3 is 5.32 Å². The predicted molar refractivity (Wildman–Crippen MR) is 120 cm³/mol. The number of thioether (sulfide) groups is 1. The van der Waals surface area contributed by atoms with Crippen molar-refractivity contribution in [1.29, 1.82) is 0 Å². The minimum atomic E-state index is 0.00483. The van der Waals surface area contributed by atoms with Crippen LogP contribution in [0, 0.1) is 3.57 Å². The minimum absolute atomic E-state index is 0.00483. The number of thiazole rings is 1. The number of amides is 1. The van der Waals surface area contributed by atoms with Gasteiger partial charge in [0, 0.05) is 30.9 Å². The van der Waals surface area contributed by atoms with Gasteiger partial charge in [-0.3, -0.25) is 4.79 Å². The number of nitrogens with one attached hydrogen (secondary N) is 1. The first-order chi connectivity index (χ1) is 12.6. The van der Waals surface area contributed by atoms with Crippen molar-refractivity contribution in [2.75, 3.05) is 11.1 Å². The van der Waals surface area contributed by atoms with Crippen molar-refractivity contribution in [3.63, 3.8) is 0 Å². The Bertz CT molecular complexity index is 866. The molecule has 3 aromatic rings. The van der Waals surface area contributed by atoms with Gasteiger partial charge in [-0.15, -0.1) is 23.1 Å². The van der Waals surface area contributed by atoms with Gasteiger partial charge in [-0.1, -0.05) is 23.7 Å². The molecule has 0 spiro atoms. The number of aromatic nitrogens is 1. The van der Waals surface area contributed by atoms with Gasteiger partial charge in [0.1, 0.15) is 0 Å². The van der Waals surface area contributed by atoms with Crippen molar-refractivity contribution in [2.45, 2.75) is 17.7 Å². The van der Waals surface area contributed by atoms with Crippen LogP contribution in [0.25, 0.3) is 11.3 Å². The molecular weight excluding hydrogens is 499 g/mol. The summed E-state index contributed by atoms with van der Waals surface area (Å²) in [6.07, 6.45) is 1.30. The number of rotatable bonds is 7. The fourth-order valence-electron chi connectivity index (χ4n) is 2.22. The van der Waals surface area contributed by atoms with E-state index in [4.69, 9.17) is 11.6 Å². The number of hydrogen-bond acceptors (Lipinski definition) is 4. The lowest BCUT2D eigenvalue weighted by atomic mass is 10.2. The van der Waals surface area contributed by atoms with E-state index in [1.165, 1.54) is 14.9 Å². The second-order valence-corrected chi connectivity index (χ2v) is 9.21. The molecule has 0 aliphatic carbocycles. The Morgan fingerprint density at radius 1 is 1.15 bits per heavy atom. The maximum absolute atomic E-state index is 12.1. The molecule has 26 heavy (non-hydrogen) atoms. The van der Waals surface area contributed by atoms with E-state index in [0.717, 1.165) is 33.3 Å². The van der Waals surface area contributed by atoms with E-state index in [1.807, 2.05) is 53.9 Å². The van der Waals surface area contributed by atoms with Gasteiger partial charge in [0.2, 0.25) is 5.91 Å². The summed E-state index contributed by atoms with van der Waals surface area (Å²) in [6, 6.07) is 15.9. The predicted octanol–water partition coefficient (Wildman–Crippen LogP) is 6.58. The highest BCUT2D eigenvalue weighted by atomic mass is 127. The van der Waals surface area contributed by atoms with Crippen LogP contribution in [0.5, 0.6) is 0 Å². The molecule has 0 unspecified atom stereocenters. The lowest BCUT2D eigenvalue weighted by Crippen LogP contribution is -2.11. The molecule has 7 heteroatoms. The summed E-state index contributed by atoms with van der Waals surface area (Å²) in [6.45, 7) is 0. The number of halogens is 2. The van der Waals surface area contributed by atoms with Gasteiger partial charge in [0.25, 0.3) is 0 Å². The van der Waals surface area contributed by atoms with E-state index in [0.29, 0.717) is 11.6 Å². The fraction of sp³-hybridized carbons (Fsp3) is 0.158. The lowest BCUT2D eigenvalue weighted by Gasteiger charge is -2.03. The van der Waals surface area contributed by atoms with Crippen molar-refractivity contribution in [3.05, 3.63) is 62.5 Å². The van der Waals surface area contributed by atoms with Crippen LogP contribution in [0.4, 0.5) is 5.13 Å². The summed E-state index contributed by atoms with van der Waals surface area (Å²) in [5.41, 5.74) is 1.95. The van der Waals surface area contributed by atoms with Gasteiger partial charge in [-0.05, 0) is 71.2 Å². The molecule has 134 valence electrons. The van der Waals surface area contributed by atoms with Crippen LogP contribution in [-0.4, -0.2) is 16.6 Å². The van der Waals surface area contributed by atoms with Crippen molar-refractivity contribution in [3.8, 4) is 11.3 Å². The second kappa shape index (κ2) is 9.73. The zero-order valence-corrected chi connectivity index (χ0v) is 18.3. The first kappa shape index (κ1) is 19.7. The molecule has 3 rings (SSSR count). The average molecular weight is 515 g/mol. The van der Waals surface area contributed by atoms with E-state index < -0.39 is 0 Å². The Morgan fingerprint density at radius 3 is 2.62 bits per heavy atom. The van der Waals surface area contributed by atoms with Crippen molar-refractivity contribution in [2.24, 2.45) is 0 Å². The third kappa shape index (κ3) is 5.97. The van der Waals surface area contributed by atoms with Crippen LogP contribution in [0.15, 0.2) is 58.8 Å². The highest BCUT2D eigenvalue weighted by Gasteiger charge is 2.08. The average Bonchev–Trinajstić information content (AvgIpc) is 3.09. The van der Waals surface area contributed by atoms with Gasteiger partial charge in [0.15, 0.2) is 5.13 Å². The van der Waals surface area contributed by atoms with E-state index in [2.05, 4.69) is 32.9 Å². The molecule has 3 nitrogen and oxygen atoms in total. The van der Waals surface area contributed by atoms with Gasteiger partial charge >= 0.3 is 0 Å². The van der Waals surface area contributed by atoms with Crippen LogP contribution in [-0.2, 0) is 4.79 Å². The summed E-state index contributed by atoms with van der Waals surface area (Å²) in [5, 5.41) is 6.24. The second-order valence-electron chi connectivity index (χ2n) is 5.50. The summed E-state index contributed by atoms with van der Waals surface area (Å²) in [7, 11) is 0. The number of benzene rings is 2. The highest BCUT2D eigenvalue weighted by molar-refractivity contribution is 14.1. The quantitative estimate of drug-likeness (QED) is 0.220. The molecule has 0 fully saturated rings. The summed E-state index contributed by atoms with van der Waals surface area (Å²) < 4.78 is 1.19. The molecule has 0 radical (unpaired) electrons. The van der Waals surface area contributed by atoms with Crippen LogP contribution in [0.3, 0.4) is 0 Å². The Hall–Kier alpha value is -1.09. The molecule has 0 atom stereocenters. The summed E-state index contributed by atoms with van der Waals surface area (Å²) in [4.78, 5) is 17.8. The van der Waals surface area contributed by atoms with E-state index in [1.54, 1.807) is 11.8 Å². The Morgan fingerprint density at radius 2 is 1.88 bits per heavy atom. The molecule has 0 saturated heterocycles. The maximum atomic E-state index is 12.1. The van der Waals surface area contributed by atoms with Crippen LogP contribution < -0.4 is 5.32 Å². The smallest absolute Gasteiger partial charge is 0.226 e. The van der Waals surface area contributed by atoms with Crippen molar-refractivity contribution >= 4 is 68.3 Å². The molecule has 0 saturated carbocycles. The Balaban J connectivity index is 1.43. The van der Waals surface area contributed by atoms with E-state index >= 15 is 0 Å². The first-order valence-electron chi connectivity index (χ1n) is 8.00. The molecule has 0 bridgehead atoms. The zero-order chi connectivity index (χ0) is 18.4. The molecule has 1 aromatic heterocycles. The molecule has 0 aliphatic rings. The van der Waals surface area contributed by atoms with Crippen LogP contribution in [0.2, 0.25) is 5.02 Å². The first-order valence-corrected chi connectivity index (χ1v) is 11.3. The molecule has 1 heterocycles. The third-order valence-corrected chi connectivity index (χ3v) is 6.35. The Kier molecular flexibility index (Phi) is 7.36. The molecule has 2 aromatic carbocycles. The van der Waals surface area contributed by atoms with Crippen LogP contribution >= 0.6 is 57.3 Å². The monoisotopic (exact) mass is 514 g/mol. The van der Waals surface area contributed by atoms with Gasteiger partial charge in [0.05, 0.1) is 5.69 Å². The number of carbonyl (C=O) groups excluding carboxylic acids is 1. The largest absolute Gasteiger partial charge is 0.302 e. The Labute approximate surface area is 179 Å². The zero-order valence-electron chi connectivity index (χ0n) is 13.7. The third-order valence-electron chi connectivity index (χ3n) is 3.52. The number of nitrogens with zero attached hydrogens (tertiary/aromatic N) is 1. The van der Waals surface area contributed by atoms with Crippen molar-refractivity contribution < 1.29 is 4.79 Å². The number of anilines is 1. The molecule has 1 amide bonds.